The van der Waals surface area contributed by atoms with Gasteiger partial charge in [-0.05, 0) is 49.5 Å². The van der Waals surface area contributed by atoms with E-state index in [0.717, 1.165) is 12.3 Å². The van der Waals surface area contributed by atoms with Crippen LogP contribution < -0.4 is 0 Å². The van der Waals surface area contributed by atoms with Gasteiger partial charge >= 0.3 is 0 Å². The van der Waals surface area contributed by atoms with Crippen LogP contribution in [-0.2, 0) is 4.79 Å². The minimum Gasteiger partial charge on any atom is -0.295 e. The molecule has 1 nitrogen and oxygen atoms in total. The van der Waals surface area contributed by atoms with Gasteiger partial charge in [0, 0.05) is 6.42 Å². The van der Waals surface area contributed by atoms with Crippen molar-refractivity contribution in [3.05, 3.63) is 23.8 Å². The van der Waals surface area contributed by atoms with Crippen molar-refractivity contribution in [1.82, 2.24) is 0 Å². The first-order valence-electron chi connectivity index (χ1n) is 6.38. The maximum atomic E-state index is 11.6. The molecule has 0 unspecified atom stereocenters. The number of carbonyl (C=O) groups is 1. The summed E-state index contributed by atoms with van der Waals surface area (Å²) >= 11 is 0. The fourth-order valence-electron chi connectivity index (χ4n) is 2.96. The number of rotatable bonds is 0. The number of carbonyl (C=O) groups excluding carboxylic acids is 1. The van der Waals surface area contributed by atoms with Crippen molar-refractivity contribution in [3.63, 3.8) is 0 Å². The van der Waals surface area contributed by atoms with E-state index in [2.05, 4.69) is 32.9 Å². The molecule has 0 aliphatic heterocycles. The van der Waals surface area contributed by atoms with Crippen LogP contribution in [0.2, 0.25) is 0 Å². The molecule has 0 aromatic rings. The first-order chi connectivity index (χ1) is 7.51. The van der Waals surface area contributed by atoms with Crippen molar-refractivity contribution < 1.29 is 4.79 Å². The normalized spacial score (nSPS) is 38.9. The summed E-state index contributed by atoms with van der Waals surface area (Å²) in [5, 5.41) is 0. The molecule has 0 heterocycles. The fraction of sp³-hybridized carbons (Fsp3) is 0.667. The highest BCUT2D eigenvalue weighted by Crippen LogP contribution is 2.61. The van der Waals surface area contributed by atoms with E-state index in [9.17, 15) is 4.79 Å². The van der Waals surface area contributed by atoms with Crippen molar-refractivity contribution in [2.75, 3.05) is 0 Å². The second kappa shape index (κ2) is 4.20. The molecule has 16 heavy (non-hydrogen) atoms. The summed E-state index contributed by atoms with van der Waals surface area (Å²) in [5.74, 6) is 1.69. The van der Waals surface area contributed by atoms with E-state index in [0.29, 0.717) is 17.8 Å². The Morgan fingerprint density at radius 1 is 1.31 bits per heavy atom. The maximum Gasteiger partial charge on any atom is 0.155 e. The van der Waals surface area contributed by atoms with Crippen molar-refractivity contribution in [2.24, 2.45) is 17.3 Å². The highest BCUT2D eigenvalue weighted by Gasteiger charge is 2.55. The van der Waals surface area contributed by atoms with Crippen LogP contribution in [0.15, 0.2) is 23.8 Å². The molecular weight excluding hydrogens is 196 g/mol. The van der Waals surface area contributed by atoms with Gasteiger partial charge < -0.3 is 0 Å². The van der Waals surface area contributed by atoms with Crippen LogP contribution >= 0.6 is 0 Å². The lowest BCUT2D eigenvalue weighted by Gasteiger charge is -2.03. The maximum absolute atomic E-state index is 11.6. The van der Waals surface area contributed by atoms with Crippen molar-refractivity contribution in [2.45, 2.75) is 46.5 Å². The average Bonchev–Trinajstić information content (AvgIpc) is 2.74. The lowest BCUT2D eigenvalue weighted by Crippen LogP contribution is -1.94. The zero-order valence-corrected chi connectivity index (χ0v) is 10.6. The Morgan fingerprint density at radius 3 is 2.81 bits per heavy atom. The third-order valence-electron chi connectivity index (χ3n) is 4.36. The van der Waals surface area contributed by atoms with E-state index in [1.807, 2.05) is 6.08 Å². The molecule has 1 fully saturated rings. The molecule has 0 aromatic carbocycles. The molecule has 2 aliphatic rings. The van der Waals surface area contributed by atoms with Crippen LogP contribution in [0.1, 0.15) is 46.5 Å². The standard InChI is InChI=1S/C15H22O/c1-11-5-4-6-12(16)8-10-14-13(9-7-11)15(14,2)3/h5,8,10,13-14H,4,6-7,9H2,1-3H3/b10-8-,11-5-/t13-,14+/m0/s1. The van der Waals surface area contributed by atoms with Crippen LogP contribution in [0.3, 0.4) is 0 Å². The van der Waals surface area contributed by atoms with Gasteiger partial charge in [-0.15, -0.1) is 0 Å². The largest absolute Gasteiger partial charge is 0.295 e. The number of allylic oxidation sites excluding steroid dienone is 4. The molecule has 0 spiro atoms. The van der Waals surface area contributed by atoms with Crippen LogP contribution in [0.25, 0.3) is 0 Å². The van der Waals surface area contributed by atoms with Crippen LogP contribution in [0.5, 0.6) is 0 Å². The van der Waals surface area contributed by atoms with E-state index >= 15 is 0 Å². The Kier molecular flexibility index (Phi) is 3.05. The van der Waals surface area contributed by atoms with Gasteiger partial charge in [-0.2, -0.15) is 0 Å². The predicted octanol–water partition coefficient (Wildman–Crippen LogP) is 3.90. The lowest BCUT2D eigenvalue weighted by molar-refractivity contribution is -0.114. The lowest BCUT2D eigenvalue weighted by atomic mass is 10.0. The molecule has 1 saturated carbocycles. The average molecular weight is 218 g/mol. The SMILES string of the molecule is C/C1=C/CCC(=O)/C=C\[C@@H]2[C@H](CC1)C2(C)C. The number of hydrogen-bond acceptors (Lipinski definition) is 1. The molecule has 0 aromatic heterocycles. The fourth-order valence-corrected chi connectivity index (χ4v) is 2.96. The third kappa shape index (κ3) is 2.28. The molecule has 1 heteroatoms. The minimum atomic E-state index is 0.285. The molecule has 2 aliphatic carbocycles. The van der Waals surface area contributed by atoms with Gasteiger partial charge in [0.2, 0.25) is 0 Å². The van der Waals surface area contributed by atoms with Gasteiger partial charge in [0.25, 0.3) is 0 Å². The summed E-state index contributed by atoms with van der Waals surface area (Å²) in [6, 6.07) is 0. The van der Waals surface area contributed by atoms with E-state index in [1.165, 1.54) is 18.4 Å². The zero-order chi connectivity index (χ0) is 11.8. The first kappa shape index (κ1) is 11.6. The molecule has 0 bridgehead atoms. The Bertz CT molecular complexity index is 346. The topological polar surface area (TPSA) is 17.1 Å². The highest BCUT2D eigenvalue weighted by molar-refractivity contribution is 5.89. The monoisotopic (exact) mass is 218 g/mol. The Balaban J connectivity index is 2.11. The molecule has 0 saturated heterocycles. The molecule has 88 valence electrons. The molecule has 0 amide bonds. The third-order valence-corrected chi connectivity index (χ3v) is 4.36. The number of ketones is 1. The quantitative estimate of drug-likeness (QED) is 0.563. The Hall–Kier alpha value is -0.850. The Morgan fingerprint density at radius 2 is 2.06 bits per heavy atom. The van der Waals surface area contributed by atoms with Crippen molar-refractivity contribution >= 4 is 5.78 Å². The van der Waals surface area contributed by atoms with Crippen molar-refractivity contribution in [1.29, 1.82) is 0 Å². The summed E-state index contributed by atoms with van der Waals surface area (Å²) in [6.45, 7) is 6.84. The van der Waals surface area contributed by atoms with Crippen LogP contribution in [-0.4, -0.2) is 5.78 Å². The molecule has 0 radical (unpaired) electrons. The second-order valence-corrected chi connectivity index (χ2v) is 5.91. The van der Waals surface area contributed by atoms with E-state index < -0.39 is 0 Å². The van der Waals surface area contributed by atoms with Crippen LogP contribution in [0.4, 0.5) is 0 Å². The van der Waals surface area contributed by atoms with Gasteiger partial charge in [-0.1, -0.05) is 31.6 Å². The summed E-state index contributed by atoms with van der Waals surface area (Å²) in [5.41, 5.74) is 1.87. The van der Waals surface area contributed by atoms with E-state index in [-0.39, 0.29) is 5.78 Å². The summed E-state index contributed by atoms with van der Waals surface area (Å²) < 4.78 is 0. The van der Waals surface area contributed by atoms with Gasteiger partial charge in [-0.3, -0.25) is 4.79 Å². The number of fused-ring (bicyclic) bond motifs is 1. The number of hydrogen-bond donors (Lipinski definition) is 0. The van der Waals surface area contributed by atoms with Crippen molar-refractivity contribution in [3.8, 4) is 0 Å². The summed E-state index contributed by atoms with van der Waals surface area (Å²) in [7, 11) is 0. The van der Waals surface area contributed by atoms with Crippen LogP contribution in [0, 0.1) is 17.3 Å². The van der Waals surface area contributed by atoms with E-state index in [1.54, 1.807) is 0 Å². The molecular formula is C15H22O. The highest BCUT2D eigenvalue weighted by atomic mass is 16.1. The van der Waals surface area contributed by atoms with Gasteiger partial charge in [-0.25, -0.2) is 0 Å². The molecule has 2 atom stereocenters. The smallest absolute Gasteiger partial charge is 0.155 e. The zero-order valence-electron chi connectivity index (χ0n) is 10.6. The first-order valence-corrected chi connectivity index (χ1v) is 6.38. The molecule has 2 rings (SSSR count). The Labute approximate surface area is 98.6 Å². The minimum absolute atomic E-state index is 0.285. The van der Waals surface area contributed by atoms with Gasteiger partial charge in [0.15, 0.2) is 5.78 Å². The van der Waals surface area contributed by atoms with Gasteiger partial charge in [0.1, 0.15) is 0 Å². The van der Waals surface area contributed by atoms with E-state index in [4.69, 9.17) is 0 Å². The predicted molar refractivity (Wildman–Crippen MR) is 67.1 cm³/mol. The second-order valence-electron chi connectivity index (χ2n) is 5.91. The summed E-state index contributed by atoms with van der Waals surface area (Å²) in [4.78, 5) is 11.6. The molecule has 0 N–H and O–H groups in total. The van der Waals surface area contributed by atoms with Gasteiger partial charge in [0.05, 0.1) is 0 Å². The summed E-state index contributed by atoms with van der Waals surface area (Å²) in [6.07, 6.45) is 10.3.